The summed E-state index contributed by atoms with van der Waals surface area (Å²) >= 11 is 6.66. The van der Waals surface area contributed by atoms with Crippen molar-refractivity contribution in [2.75, 3.05) is 11.9 Å². The number of thioether (sulfide) groups is 1. The van der Waals surface area contributed by atoms with E-state index in [4.69, 9.17) is 12.6 Å². The molecule has 0 amide bonds. The van der Waals surface area contributed by atoms with Crippen molar-refractivity contribution in [2.24, 2.45) is 0 Å². The van der Waals surface area contributed by atoms with Crippen molar-refractivity contribution in [3.8, 4) is 0 Å². The first kappa shape index (κ1) is 28.2. The summed E-state index contributed by atoms with van der Waals surface area (Å²) in [5.41, 5.74) is 3.86. The molecule has 3 heteroatoms. The zero-order valence-corrected chi connectivity index (χ0v) is 22.7. The highest BCUT2D eigenvalue weighted by atomic mass is 32.2. The molecule has 0 aromatic heterocycles. The van der Waals surface area contributed by atoms with Crippen LogP contribution in [0.2, 0.25) is 0 Å². The molecule has 2 rings (SSSR count). The Hall–Kier alpha value is -1.06. The second kappa shape index (κ2) is 19.3. The second-order valence-corrected chi connectivity index (χ2v) is 11.3. The molecule has 0 radical (unpaired) electrons. The van der Waals surface area contributed by atoms with Gasteiger partial charge < -0.3 is 5.32 Å². The molecule has 0 saturated heterocycles. The molecule has 33 heavy (non-hydrogen) atoms. The highest BCUT2D eigenvalue weighted by molar-refractivity contribution is 8.09. The van der Waals surface area contributed by atoms with Gasteiger partial charge in [0.15, 0.2) is 0 Å². The second-order valence-electron chi connectivity index (χ2n) is 9.29. The summed E-state index contributed by atoms with van der Waals surface area (Å²) < 4.78 is 0.213. The van der Waals surface area contributed by atoms with E-state index in [0.29, 0.717) is 0 Å². The van der Waals surface area contributed by atoms with E-state index in [0.717, 1.165) is 12.3 Å². The highest BCUT2D eigenvalue weighted by Crippen LogP contribution is 2.35. The molecular formula is C30H47NS2. The Morgan fingerprint density at radius 3 is 1.73 bits per heavy atom. The fourth-order valence-electron chi connectivity index (χ4n) is 4.16. The van der Waals surface area contributed by atoms with Crippen LogP contribution in [0.4, 0.5) is 5.69 Å². The fourth-order valence-corrected chi connectivity index (χ4v) is 5.45. The molecule has 0 bridgehead atoms. The molecule has 0 saturated carbocycles. The van der Waals surface area contributed by atoms with E-state index in [1.54, 1.807) is 0 Å². The van der Waals surface area contributed by atoms with Crippen LogP contribution < -0.4 is 5.32 Å². The van der Waals surface area contributed by atoms with Gasteiger partial charge in [0.1, 0.15) is 0 Å². The number of rotatable bonds is 20. The minimum Gasteiger partial charge on any atom is -0.385 e. The van der Waals surface area contributed by atoms with Gasteiger partial charge >= 0.3 is 0 Å². The van der Waals surface area contributed by atoms with Crippen LogP contribution in [0.5, 0.6) is 0 Å². The van der Waals surface area contributed by atoms with Crippen LogP contribution in [0.1, 0.15) is 113 Å². The van der Waals surface area contributed by atoms with Gasteiger partial charge in [0, 0.05) is 18.0 Å². The number of benzene rings is 2. The van der Waals surface area contributed by atoms with Gasteiger partial charge in [0.2, 0.25) is 0 Å². The average Bonchev–Trinajstić information content (AvgIpc) is 2.86. The van der Waals surface area contributed by atoms with Crippen molar-refractivity contribution in [3.63, 3.8) is 0 Å². The fraction of sp³-hybridized carbons (Fsp3) is 0.600. The van der Waals surface area contributed by atoms with Crippen LogP contribution in [-0.4, -0.2) is 6.54 Å². The number of nitrogens with one attached hydrogen (secondary N) is 1. The minimum atomic E-state index is 0.213. The summed E-state index contributed by atoms with van der Waals surface area (Å²) in [6.45, 7) is 3.37. The molecule has 0 fully saturated rings. The van der Waals surface area contributed by atoms with E-state index in [1.165, 1.54) is 107 Å². The molecule has 1 atom stereocenters. The summed E-state index contributed by atoms with van der Waals surface area (Å²) in [6.07, 6.45) is 19.8. The Kier molecular flexibility index (Phi) is 16.5. The van der Waals surface area contributed by atoms with Crippen molar-refractivity contribution in [2.45, 2.75) is 107 Å². The number of hydrogen-bond donors (Lipinski definition) is 2. The maximum absolute atomic E-state index is 4.79. The van der Waals surface area contributed by atoms with E-state index in [-0.39, 0.29) is 4.58 Å². The van der Waals surface area contributed by atoms with Gasteiger partial charge in [-0.05, 0) is 29.7 Å². The standard InChI is InChI=1S/C30H47NS2/c1-2-3-4-5-6-7-8-9-10-11-12-13-14-18-25-31-29-23-21-28(22-24-29)30(32)33-26-27-19-16-15-17-20-27/h15-17,19-24,30-32H,2-14,18,25-26H2,1H3. The molecule has 0 spiro atoms. The van der Waals surface area contributed by atoms with Gasteiger partial charge in [-0.25, -0.2) is 0 Å². The molecule has 0 aliphatic rings. The molecule has 0 aliphatic heterocycles. The van der Waals surface area contributed by atoms with E-state index in [1.807, 2.05) is 11.8 Å². The summed E-state index contributed by atoms with van der Waals surface area (Å²) in [5, 5.41) is 3.58. The number of anilines is 1. The average molecular weight is 486 g/mol. The normalized spacial score (nSPS) is 12.1. The van der Waals surface area contributed by atoms with Crippen LogP contribution >= 0.6 is 24.4 Å². The lowest BCUT2D eigenvalue weighted by atomic mass is 10.0. The zero-order chi connectivity index (χ0) is 23.4. The monoisotopic (exact) mass is 485 g/mol. The lowest BCUT2D eigenvalue weighted by Gasteiger charge is -2.12. The number of hydrogen-bond acceptors (Lipinski definition) is 3. The van der Waals surface area contributed by atoms with Crippen molar-refractivity contribution in [1.82, 2.24) is 0 Å². The first-order valence-corrected chi connectivity index (χ1v) is 15.0. The predicted octanol–water partition coefficient (Wildman–Crippen LogP) is 10.4. The van der Waals surface area contributed by atoms with Gasteiger partial charge in [0.25, 0.3) is 0 Å². The molecule has 0 aliphatic carbocycles. The Morgan fingerprint density at radius 1 is 0.667 bits per heavy atom. The predicted molar refractivity (Wildman–Crippen MR) is 155 cm³/mol. The van der Waals surface area contributed by atoms with Gasteiger partial charge in [-0.15, -0.1) is 11.8 Å². The molecule has 0 heterocycles. The topological polar surface area (TPSA) is 12.0 Å². The summed E-state index contributed by atoms with van der Waals surface area (Å²) in [4.78, 5) is 0. The van der Waals surface area contributed by atoms with Crippen LogP contribution in [0.25, 0.3) is 0 Å². The van der Waals surface area contributed by atoms with Crippen LogP contribution in [0.15, 0.2) is 54.6 Å². The van der Waals surface area contributed by atoms with Crippen molar-refractivity contribution in [3.05, 3.63) is 65.7 Å². The first-order valence-electron chi connectivity index (χ1n) is 13.5. The number of thiol groups is 1. The van der Waals surface area contributed by atoms with Gasteiger partial charge in [0.05, 0.1) is 4.58 Å². The van der Waals surface area contributed by atoms with Crippen LogP contribution in [-0.2, 0) is 5.75 Å². The Labute approximate surface area is 214 Å². The maximum atomic E-state index is 4.79. The molecule has 1 unspecified atom stereocenters. The third kappa shape index (κ3) is 14.1. The lowest BCUT2D eigenvalue weighted by molar-refractivity contribution is 0.537. The van der Waals surface area contributed by atoms with Gasteiger partial charge in [-0.1, -0.05) is 133 Å². The van der Waals surface area contributed by atoms with E-state index < -0.39 is 0 Å². The first-order chi connectivity index (χ1) is 16.3. The SMILES string of the molecule is CCCCCCCCCCCCCCCCNc1ccc(C(S)SCc2ccccc2)cc1. The van der Waals surface area contributed by atoms with Crippen molar-refractivity contribution in [1.29, 1.82) is 0 Å². The highest BCUT2D eigenvalue weighted by Gasteiger charge is 2.07. The molecule has 1 nitrogen and oxygen atoms in total. The molecule has 1 N–H and O–H groups in total. The Bertz CT molecular complexity index is 686. The smallest absolute Gasteiger partial charge is 0.0725 e. The minimum absolute atomic E-state index is 0.213. The molecule has 184 valence electrons. The van der Waals surface area contributed by atoms with Crippen molar-refractivity contribution < 1.29 is 0 Å². The van der Waals surface area contributed by atoms with E-state index in [9.17, 15) is 0 Å². The lowest BCUT2D eigenvalue weighted by Crippen LogP contribution is -2.01. The maximum Gasteiger partial charge on any atom is 0.0725 e. The van der Waals surface area contributed by atoms with Gasteiger partial charge in [-0.2, -0.15) is 12.6 Å². The summed E-state index contributed by atoms with van der Waals surface area (Å²) in [7, 11) is 0. The Balaban J connectivity index is 1.42. The van der Waals surface area contributed by atoms with Crippen LogP contribution in [0, 0.1) is 0 Å². The third-order valence-corrected chi connectivity index (χ3v) is 8.14. The third-order valence-electron chi connectivity index (χ3n) is 6.31. The van der Waals surface area contributed by atoms with E-state index in [2.05, 4.69) is 66.8 Å². The number of unbranched alkanes of at least 4 members (excludes halogenated alkanes) is 13. The molecule has 2 aromatic carbocycles. The van der Waals surface area contributed by atoms with Crippen LogP contribution in [0.3, 0.4) is 0 Å². The molecule has 2 aromatic rings. The van der Waals surface area contributed by atoms with Gasteiger partial charge in [-0.3, -0.25) is 0 Å². The van der Waals surface area contributed by atoms with Crippen molar-refractivity contribution >= 4 is 30.1 Å². The largest absolute Gasteiger partial charge is 0.385 e. The van der Waals surface area contributed by atoms with E-state index >= 15 is 0 Å². The zero-order valence-electron chi connectivity index (χ0n) is 20.9. The Morgan fingerprint density at radius 2 is 1.18 bits per heavy atom. The summed E-state index contributed by atoms with van der Waals surface area (Å²) in [6, 6.07) is 19.4. The quantitative estimate of drug-likeness (QED) is 0.110. The molecular weight excluding hydrogens is 438 g/mol. The summed E-state index contributed by atoms with van der Waals surface area (Å²) in [5.74, 6) is 0.994.